The topological polar surface area (TPSA) is 73.9 Å². The summed E-state index contributed by atoms with van der Waals surface area (Å²) in [6.07, 6.45) is 0. The first-order chi connectivity index (χ1) is 14.3. The average Bonchev–Trinajstić information content (AvgIpc) is 2.72. The second kappa shape index (κ2) is 11.9. The number of carbonyl (C=O) groups excluding carboxylic acids is 2. The van der Waals surface area contributed by atoms with Crippen LogP contribution < -0.4 is 15.4 Å². The molecule has 7 nitrogen and oxygen atoms in total. The number of benzene rings is 1. The molecule has 1 heterocycles. The molecule has 7 heteroatoms. The molecule has 0 radical (unpaired) electrons. The van der Waals surface area contributed by atoms with Crippen molar-refractivity contribution in [1.82, 2.24) is 20.4 Å². The molecule has 0 aliphatic carbocycles. The van der Waals surface area contributed by atoms with E-state index in [0.717, 1.165) is 37.5 Å². The molecular weight excluding hydrogens is 380 g/mol. The van der Waals surface area contributed by atoms with Gasteiger partial charge in [0, 0.05) is 32.7 Å². The van der Waals surface area contributed by atoms with Crippen molar-refractivity contribution in [3.05, 3.63) is 29.8 Å². The normalized spacial score (nSPS) is 16.5. The molecule has 1 aliphatic heterocycles. The quantitative estimate of drug-likeness (QED) is 0.607. The number of piperazine rings is 1. The summed E-state index contributed by atoms with van der Waals surface area (Å²) in [7, 11) is 1.65. The van der Waals surface area contributed by atoms with Crippen LogP contribution in [0.15, 0.2) is 24.3 Å². The van der Waals surface area contributed by atoms with Crippen molar-refractivity contribution >= 4 is 11.8 Å². The predicted octanol–water partition coefficient (Wildman–Crippen LogP) is 1.90. The summed E-state index contributed by atoms with van der Waals surface area (Å²) in [6.45, 7) is 13.1. The first-order valence-corrected chi connectivity index (χ1v) is 10.9. The van der Waals surface area contributed by atoms with Crippen LogP contribution in [0.4, 0.5) is 0 Å². The molecule has 168 valence electrons. The third-order valence-corrected chi connectivity index (χ3v) is 5.36. The van der Waals surface area contributed by atoms with E-state index in [4.69, 9.17) is 4.74 Å². The zero-order valence-corrected chi connectivity index (χ0v) is 19.1. The molecule has 0 aromatic heterocycles. The monoisotopic (exact) mass is 418 g/mol. The first kappa shape index (κ1) is 24.2. The van der Waals surface area contributed by atoms with E-state index < -0.39 is 0 Å². The lowest BCUT2D eigenvalue weighted by atomic mass is 9.96. The van der Waals surface area contributed by atoms with Crippen LogP contribution in [-0.2, 0) is 9.59 Å². The van der Waals surface area contributed by atoms with Gasteiger partial charge in [0.1, 0.15) is 5.75 Å². The zero-order chi connectivity index (χ0) is 22.1. The van der Waals surface area contributed by atoms with E-state index in [1.807, 2.05) is 24.3 Å². The summed E-state index contributed by atoms with van der Waals surface area (Å²) in [5.41, 5.74) is 1.08. The fraction of sp³-hybridized carbons (Fsp3) is 0.652. The minimum atomic E-state index is -0.0330. The van der Waals surface area contributed by atoms with Gasteiger partial charge in [-0.25, -0.2) is 0 Å². The molecule has 1 saturated heterocycles. The maximum absolute atomic E-state index is 12.7. The Morgan fingerprint density at radius 2 is 1.47 bits per heavy atom. The Bertz CT molecular complexity index is 668. The van der Waals surface area contributed by atoms with E-state index in [1.54, 1.807) is 7.11 Å². The van der Waals surface area contributed by atoms with Crippen LogP contribution in [0, 0.1) is 11.8 Å². The van der Waals surface area contributed by atoms with Crippen molar-refractivity contribution in [1.29, 1.82) is 0 Å². The van der Waals surface area contributed by atoms with Crippen LogP contribution in [-0.4, -0.2) is 74.5 Å². The highest BCUT2D eigenvalue weighted by molar-refractivity contribution is 5.79. The van der Waals surface area contributed by atoms with Gasteiger partial charge in [0.2, 0.25) is 11.8 Å². The molecule has 2 rings (SSSR count). The van der Waals surface area contributed by atoms with Gasteiger partial charge in [0.05, 0.1) is 26.2 Å². The molecular formula is C23H38N4O3. The summed E-state index contributed by atoms with van der Waals surface area (Å²) in [6, 6.07) is 7.83. The van der Waals surface area contributed by atoms with Crippen molar-refractivity contribution in [3.8, 4) is 5.75 Å². The highest BCUT2D eigenvalue weighted by atomic mass is 16.5. The lowest BCUT2D eigenvalue weighted by Gasteiger charge is -2.34. The molecule has 1 aromatic carbocycles. The van der Waals surface area contributed by atoms with Gasteiger partial charge in [-0.3, -0.25) is 19.4 Å². The number of hydrogen-bond acceptors (Lipinski definition) is 5. The predicted molar refractivity (Wildman–Crippen MR) is 119 cm³/mol. The van der Waals surface area contributed by atoms with Gasteiger partial charge in [0.25, 0.3) is 0 Å². The summed E-state index contributed by atoms with van der Waals surface area (Å²) >= 11 is 0. The second-order valence-electron chi connectivity index (χ2n) is 8.81. The Hall–Kier alpha value is -2.12. The third-order valence-electron chi connectivity index (χ3n) is 5.36. The first-order valence-electron chi connectivity index (χ1n) is 10.9. The van der Waals surface area contributed by atoms with Crippen molar-refractivity contribution in [2.75, 3.05) is 52.9 Å². The molecule has 2 amide bonds. The molecule has 0 spiro atoms. The lowest BCUT2D eigenvalue weighted by molar-refractivity contribution is -0.125. The third kappa shape index (κ3) is 7.95. The van der Waals surface area contributed by atoms with Crippen LogP contribution in [0.2, 0.25) is 0 Å². The fourth-order valence-electron chi connectivity index (χ4n) is 3.55. The Balaban J connectivity index is 1.78. The van der Waals surface area contributed by atoms with E-state index >= 15 is 0 Å². The minimum absolute atomic E-state index is 0.0330. The van der Waals surface area contributed by atoms with Crippen molar-refractivity contribution in [2.24, 2.45) is 11.8 Å². The molecule has 0 bridgehead atoms. The minimum Gasteiger partial charge on any atom is -0.497 e. The Morgan fingerprint density at radius 3 is 1.93 bits per heavy atom. The summed E-state index contributed by atoms with van der Waals surface area (Å²) in [4.78, 5) is 29.0. The summed E-state index contributed by atoms with van der Waals surface area (Å²) in [5.74, 6) is 1.66. The molecule has 1 unspecified atom stereocenters. The molecule has 30 heavy (non-hydrogen) atoms. The van der Waals surface area contributed by atoms with Crippen LogP contribution in [0.3, 0.4) is 0 Å². The number of nitrogens with one attached hydrogen (secondary N) is 2. The van der Waals surface area contributed by atoms with Crippen LogP contribution in [0.25, 0.3) is 0 Å². The number of methoxy groups -OCH3 is 1. The Labute approximate surface area is 181 Å². The van der Waals surface area contributed by atoms with Crippen molar-refractivity contribution < 1.29 is 14.3 Å². The van der Waals surface area contributed by atoms with Gasteiger partial charge in [-0.1, -0.05) is 39.8 Å². The maximum Gasteiger partial charge on any atom is 0.234 e. The van der Waals surface area contributed by atoms with Gasteiger partial charge in [-0.05, 0) is 29.5 Å². The zero-order valence-electron chi connectivity index (χ0n) is 19.1. The lowest BCUT2D eigenvalue weighted by Crippen LogP contribution is -2.52. The second-order valence-corrected chi connectivity index (χ2v) is 8.81. The molecule has 1 atom stereocenters. The van der Waals surface area contributed by atoms with Crippen LogP contribution >= 0.6 is 0 Å². The van der Waals surface area contributed by atoms with E-state index in [2.05, 4.69) is 48.1 Å². The highest BCUT2D eigenvalue weighted by Crippen LogP contribution is 2.23. The Kier molecular flexibility index (Phi) is 9.59. The van der Waals surface area contributed by atoms with E-state index in [0.29, 0.717) is 25.6 Å². The van der Waals surface area contributed by atoms with E-state index in [-0.39, 0.29) is 23.8 Å². The number of amides is 2. The molecule has 2 N–H and O–H groups in total. The molecule has 1 fully saturated rings. The highest BCUT2D eigenvalue weighted by Gasteiger charge is 2.23. The van der Waals surface area contributed by atoms with Crippen LogP contribution in [0.5, 0.6) is 5.75 Å². The number of nitrogens with zero attached hydrogens (tertiary/aromatic N) is 2. The number of rotatable bonds is 10. The van der Waals surface area contributed by atoms with Gasteiger partial charge in [0.15, 0.2) is 0 Å². The summed E-state index contributed by atoms with van der Waals surface area (Å²) < 4.78 is 5.22. The summed E-state index contributed by atoms with van der Waals surface area (Å²) in [5, 5.41) is 6.15. The van der Waals surface area contributed by atoms with Crippen LogP contribution in [0.1, 0.15) is 39.3 Å². The fourth-order valence-corrected chi connectivity index (χ4v) is 3.55. The Morgan fingerprint density at radius 1 is 0.933 bits per heavy atom. The average molecular weight is 419 g/mol. The number of ether oxygens (including phenoxy) is 1. The van der Waals surface area contributed by atoms with E-state index in [1.165, 1.54) is 0 Å². The standard InChI is InChI=1S/C23H38N4O3/c1-17(2)14-24-21(28)15-26-10-12-27(13-11-26)16-22(29)25-23(18(3)4)19-6-8-20(30-5)9-7-19/h6-9,17-18,23H,10-16H2,1-5H3,(H,24,28)(H,25,29). The molecule has 0 saturated carbocycles. The van der Waals surface area contributed by atoms with E-state index in [9.17, 15) is 9.59 Å². The maximum atomic E-state index is 12.7. The van der Waals surface area contributed by atoms with Gasteiger partial charge in [-0.15, -0.1) is 0 Å². The smallest absolute Gasteiger partial charge is 0.234 e. The largest absolute Gasteiger partial charge is 0.497 e. The van der Waals surface area contributed by atoms with Gasteiger partial charge < -0.3 is 15.4 Å². The van der Waals surface area contributed by atoms with Gasteiger partial charge in [-0.2, -0.15) is 0 Å². The SMILES string of the molecule is COc1ccc(C(NC(=O)CN2CCN(CC(=O)NCC(C)C)CC2)C(C)C)cc1. The van der Waals surface area contributed by atoms with Crippen molar-refractivity contribution in [2.45, 2.75) is 33.7 Å². The molecule has 1 aromatic rings. The van der Waals surface area contributed by atoms with Crippen molar-refractivity contribution in [3.63, 3.8) is 0 Å². The number of hydrogen-bond donors (Lipinski definition) is 2. The number of carbonyl (C=O) groups is 2. The van der Waals surface area contributed by atoms with Gasteiger partial charge >= 0.3 is 0 Å². The molecule has 1 aliphatic rings.